The van der Waals surface area contributed by atoms with Crippen LogP contribution in [0.3, 0.4) is 0 Å². The van der Waals surface area contributed by atoms with Crippen LogP contribution >= 0.6 is 69.6 Å². The van der Waals surface area contributed by atoms with E-state index in [1.807, 2.05) is 0 Å². The van der Waals surface area contributed by atoms with Gasteiger partial charge in [-0.15, -0.1) is 0 Å². The molecule has 22 heavy (non-hydrogen) atoms. The number of aliphatic imine (C=N–C) groups is 2. The molecule has 1 N–H and O–H groups in total. The molecule has 0 fully saturated rings. The van der Waals surface area contributed by atoms with E-state index in [2.05, 4.69) is 15.3 Å². The maximum Gasteiger partial charge on any atom is 0.247 e. The summed E-state index contributed by atoms with van der Waals surface area (Å²) in [5.41, 5.74) is 0.723. The SMILES string of the molecule is COc1ccc(C2N=C(C(Cl)(Cl)Cl)NC(C(Cl)(Cl)Cl)=N2)cc1. The number of ether oxygens (including phenoxy) is 1. The topological polar surface area (TPSA) is 46.0 Å². The minimum Gasteiger partial charge on any atom is -0.497 e. The summed E-state index contributed by atoms with van der Waals surface area (Å²) in [7, 11) is 1.57. The highest BCUT2D eigenvalue weighted by Crippen LogP contribution is 2.36. The standard InChI is InChI=1S/C12H9Cl6N3O/c1-22-7-4-2-6(3-5-7)8-19-9(11(13,14)15)21-10(20-8)12(16,17)18/h2-5,8H,1H3,(H,19,20,21). The van der Waals surface area contributed by atoms with Gasteiger partial charge in [-0.3, -0.25) is 0 Å². The van der Waals surface area contributed by atoms with Gasteiger partial charge in [0.2, 0.25) is 7.59 Å². The Balaban J connectivity index is 2.42. The fraction of sp³-hybridized carbons (Fsp3) is 0.333. The van der Waals surface area contributed by atoms with E-state index in [0.29, 0.717) is 5.75 Å². The Morgan fingerprint density at radius 1 is 0.909 bits per heavy atom. The number of hydrogen-bond donors (Lipinski definition) is 1. The molecule has 1 heterocycles. The average Bonchev–Trinajstić information content (AvgIpc) is 2.45. The van der Waals surface area contributed by atoms with Gasteiger partial charge in [0.15, 0.2) is 17.8 Å². The van der Waals surface area contributed by atoms with Gasteiger partial charge in [-0.1, -0.05) is 81.7 Å². The zero-order valence-corrected chi connectivity index (χ0v) is 15.5. The Bertz CT molecular complexity index is 573. The van der Waals surface area contributed by atoms with Gasteiger partial charge in [0.25, 0.3) is 0 Å². The van der Waals surface area contributed by atoms with Gasteiger partial charge in [0.05, 0.1) is 7.11 Å². The fourth-order valence-electron chi connectivity index (χ4n) is 1.66. The van der Waals surface area contributed by atoms with Crippen molar-refractivity contribution in [2.45, 2.75) is 13.8 Å². The van der Waals surface area contributed by atoms with Crippen molar-refractivity contribution >= 4 is 81.3 Å². The maximum atomic E-state index is 5.86. The number of halogens is 6. The molecule has 1 aliphatic rings. The molecule has 4 nitrogen and oxygen atoms in total. The van der Waals surface area contributed by atoms with Crippen molar-refractivity contribution in [1.82, 2.24) is 5.32 Å². The van der Waals surface area contributed by atoms with Crippen LogP contribution in [0.15, 0.2) is 34.3 Å². The number of amidine groups is 2. The second-order valence-electron chi connectivity index (χ2n) is 4.22. The van der Waals surface area contributed by atoms with Crippen LogP contribution in [-0.2, 0) is 0 Å². The van der Waals surface area contributed by atoms with E-state index in [1.165, 1.54) is 0 Å². The third kappa shape index (κ3) is 4.47. The normalized spacial score (nSPS) is 16.7. The van der Waals surface area contributed by atoms with Crippen molar-refractivity contribution in [2.24, 2.45) is 9.98 Å². The lowest BCUT2D eigenvalue weighted by atomic mass is 10.1. The number of benzene rings is 1. The lowest BCUT2D eigenvalue weighted by Crippen LogP contribution is -2.47. The molecular formula is C12H9Cl6N3O. The second kappa shape index (κ2) is 6.80. The molecule has 0 amide bonds. The van der Waals surface area contributed by atoms with Gasteiger partial charge in [-0.2, -0.15) is 0 Å². The van der Waals surface area contributed by atoms with Crippen LogP contribution in [-0.4, -0.2) is 26.4 Å². The summed E-state index contributed by atoms with van der Waals surface area (Å²) >= 11 is 35.2. The second-order valence-corrected chi connectivity index (χ2v) is 8.79. The van der Waals surface area contributed by atoms with Crippen LogP contribution in [0, 0.1) is 0 Å². The van der Waals surface area contributed by atoms with Crippen LogP contribution in [0.2, 0.25) is 0 Å². The zero-order valence-electron chi connectivity index (χ0n) is 11.0. The molecule has 0 aliphatic carbocycles. The van der Waals surface area contributed by atoms with Gasteiger partial charge >= 0.3 is 0 Å². The molecule has 0 aromatic heterocycles. The molecule has 1 aliphatic heterocycles. The maximum absolute atomic E-state index is 5.86. The van der Waals surface area contributed by atoms with Crippen LogP contribution in [0.25, 0.3) is 0 Å². The van der Waals surface area contributed by atoms with Crippen molar-refractivity contribution in [3.05, 3.63) is 29.8 Å². The summed E-state index contributed by atoms with van der Waals surface area (Å²) in [6.07, 6.45) is -0.705. The molecule has 0 atom stereocenters. The van der Waals surface area contributed by atoms with Crippen molar-refractivity contribution in [3.63, 3.8) is 0 Å². The highest BCUT2D eigenvalue weighted by molar-refractivity contribution is 6.79. The van der Waals surface area contributed by atoms with E-state index in [1.54, 1.807) is 31.4 Å². The van der Waals surface area contributed by atoms with Gasteiger partial charge < -0.3 is 10.1 Å². The molecule has 120 valence electrons. The Labute approximate surface area is 157 Å². The van der Waals surface area contributed by atoms with E-state index < -0.39 is 13.8 Å². The number of nitrogens with one attached hydrogen (secondary N) is 1. The molecule has 0 saturated carbocycles. The number of rotatable bonds is 2. The van der Waals surface area contributed by atoms with Gasteiger partial charge in [-0.05, 0) is 17.7 Å². The minimum absolute atomic E-state index is 0.0228. The summed E-state index contributed by atoms with van der Waals surface area (Å²) in [5, 5.41) is 2.64. The van der Waals surface area contributed by atoms with E-state index in [0.717, 1.165) is 5.56 Å². The Kier molecular flexibility index (Phi) is 5.63. The van der Waals surface area contributed by atoms with Crippen molar-refractivity contribution < 1.29 is 4.74 Å². The highest BCUT2D eigenvalue weighted by atomic mass is 35.6. The Morgan fingerprint density at radius 2 is 1.36 bits per heavy atom. The first-order valence-electron chi connectivity index (χ1n) is 5.82. The third-order valence-electron chi connectivity index (χ3n) is 2.69. The molecular weight excluding hydrogens is 415 g/mol. The Morgan fingerprint density at radius 3 is 1.73 bits per heavy atom. The van der Waals surface area contributed by atoms with Crippen molar-refractivity contribution in [1.29, 1.82) is 0 Å². The van der Waals surface area contributed by atoms with Gasteiger partial charge in [0.1, 0.15) is 5.75 Å². The van der Waals surface area contributed by atoms with Gasteiger partial charge in [-0.25, -0.2) is 9.98 Å². The number of hydrogen-bond acceptors (Lipinski definition) is 4. The third-order valence-corrected chi connectivity index (χ3v) is 3.76. The van der Waals surface area contributed by atoms with Crippen molar-refractivity contribution in [3.8, 4) is 5.75 Å². The molecule has 1 aromatic carbocycles. The molecule has 1 aromatic rings. The molecule has 2 rings (SSSR count). The molecule has 10 heteroatoms. The lowest BCUT2D eigenvalue weighted by molar-refractivity contribution is 0.414. The van der Waals surface area contributed by atoms with E-state index in [4.69, 9.17) is 74.3 Å². The molecule has 0 saturated heterocycles. The minimum atomic E-state index is -1.80. The summed E-state index contributed by atoms with van der Waals surface area (Å²) in [6, 6.07) is 7.06. The summed E-state index contributed by atoms with van der Waals surface area (Å²) in [4.78, 5) is 8.50. The smallest absolute Gasteiger partial charge is 0.247 e. The van der Waals surface area contributed by atoms with Gasteiger partial charge in [0, 0.05) is 0 Å². The number of methoxy groups -OCH3 is 1. The first-order valence-corrected chi connectivity index (χ1v) is 8.09. The van der Waals surface area contributed by atoms with E-state index in [9.17, 15) is 0 Å². The van der Waals surface area contributed by atoms with E-state index >= 15 is 0 Å². The molecule has 0 spiro atoms. The quantitative estimate of drug-likeness (QED) is 0.692. The van der Waals surface area contributed by atoms with Crippen LogP contribution < -0.4 is 10.1 Å². The lowest BCUT2D eigenvalue weighted by Gasteiger charge is -2.27. The van der Waals surface area contributed by atoms with Crippen molar-refractivity contribution in [2.75, 3.05) is 7.11 Å². The predicted octanol–water partition coefficient (Wildman–Crippen LogP) is 4.83. The molecule has 0 radical (unpaired) electrons. The molecule has 0 bridgehead atoms. The van der Waals surface area contributed by atoms with Crippen LogP contribution in [0.1, 0.15) is 11.7 Å². The largest absolute Gasteiger partial charge is 0.497 e. The number of alkyl halides is 6. The average molecular weight is 424 g/mol. The predicted molar refractivity (Wildman–Crippen MR) is 94.3 cm³/mol. The van der Waals surface area contributed by atoms with Crippen LogP contribution in [0.5, 0.6) is 5.75 Å². The number of nitrogens with zero attached hydrogens (tertiary/aromatic N) is 2. The summed E-state index contributed by atoms with van der Waals surface area (Å²) in [5.74, 6) is 0.734. The van der Waals surface area contributed by atoms with Crippen LogP contribution in [0.4, 0.5) is 0 Å². The summed E-state index contributed by atoms with van der Waals surface area (Å²) in [6.45, 7) is 0. The highest BCUT2D eigenvalue weighted by Gasteiger charge is 2.38. The monoisotopic (exact) mass is 421 g/mol. The molecule has 0 unspecified atom stereocenters. The first kappa shape index (κ1) is 18.2. The van der Waals surface area contributed by atoms with E-state index in [-0.39, 0.29) is 11.7 Å². The Hall–Kier alpha value is -0.100. The first-order chi connectivity index (χ1) is 10.1. The fourth-order valence-corrected chi connectivity index (χ4v) is 2.24. The zero-order chi connectivity index (χ0) is 16.5. The summed E-state index contributed by atoms with van der Waals surface area (Å²) < 4.78 is 1.49.